The number of halogens is 1. The van der Waals surface area contributed by atoms with Gasteiger partial charge in [0.05, 0.1) is 26.9 Å². The number of methoxy groups -OCH3 is 3. The highest BCUT2D eigenvalue weighted by atomic mass is 28.4. The second-order valence-corrected chi connectivity index (χ2v) is 22.9. The molecule has 0 bridgehead atoms. The number of ether oxygens (including phenoxy) is 6. The first-order chi connectivity index (χ1) is 31.5. The Balaban J connectivity index is 1.19. The Hall–Kier alpha value is -5.47. The Labute approximate surface area is 383 Å². The van der Waals surface area contributed by atoms with Crippen molar-refractivity contribution in [2.75, 3.05) is 41.0 Å². The summed E-state index contributed by atoms with van der Waals surface area (Å²) < 4.78 is 63.6. The van der Waals surface area contributed by atoms with Gasteiger partial charge in [-0.05, 0) is 72.1 Å². The van der Waals surface area contributed by atoms with Crippen LogP contribution in [0.5, 0.6) is 11.5 Å². The van der Waals surface area contributed by atoms with E-state index in [0.29, 0.717) is 11.5 Å². The van der Waals surface area contributed by atoms with Crippen LogP contribution in [0.4, 0.5) is 4.39 Å². The summed E-state index contributed by atoms with van der Waals surface area (Å²) in [5.74, 6) is 0.483. The van der Waals surface area contributed by atoms with Crippen LogP contribution in [0.1, 0.15) is 56.3 Å². The normalized spacial score (nSPS) is 23.5. The van der Waals surface area contributed by atoms with Gasteiger partial charge in [-0.2, -0.15) is 0 Å². The molecule has 2 aromatic heterocycles. The van der Waals surface area contributed by atoms with Crippen LogP contribution in [0.15, 0.2) is 123 Å². The molecule has 66 heavy (non-hydrogen) atoms. The van der Waals surface area contributed by atoms with E-state index >= 15 is 4.39 Å². The van der Waals surface area contributed by atoms with Crippen molar-refractivity contribution in [2.45, 2.75) is 94.0 Å². The van der Waals surface area contributed by atoms with Gasteiger partial charge < -0.3 is 38.2 Å². The number of alkyl halides is 1. The van der Waals surface area contributed by atoms with Crippen LogP contribution in [0.2, 0.25) is 18.1 Å². The Morgan fingerprint density at radius 2 is 1.21 bits per heavy atom. The molecule has 354 valence electrons. The predicted molar refractivity (Wildman–Crippen MR) is 247 cm³/mol. The summed E-state index contributed by atoms with van der Waals surface area (Å²) in [6.07, 6.45) is -4.01. The summed E-state index contributed by atoms with van der Waals surface area (Å²) in [5, 5.41) is 3.27. The molecule has 0 aliphatic carbocycles. The molecule has 2 aliphatic rings. The molecule has 2 fully saturated rings. The highest BCUT2D eigenvalue weighted by molar-refractivity contribution is 6.74. The number of benzene rings is 3. The molecule has 8 atom stereocenters. The van der Waals surface area contributed by atoms with E-state index < -0.39 is 85.4 Å². The summed E-state index contributed by atoms with van der Waals surface area (Å²) in [6.45, 7) is 11.0. The van der Waals surface area contributed by atoms with Gasteiger partial charge in [-0.3, -0.25) is 28.7 Å². The molecule has 2 saturated heterocycles. The van der Waals surface area contributed by atoms with Gasteiger partial charge in [-0.15, -0.1) is 0 Å². The van der Waals surface area contributed by atoms with Crippen LogP contribution in [-0.2, 0) is 29.0 Å². The van der Waals surface area contributed by atoms with Crippen molar-refractivity contribution in [1.82, 2.24) is 24.4 Å². The van der Waals surface area contributed by atoms with Gasteiger partial charge in [0.1, 0.15) is 35.4 Å². The first kappa shape index (κ1) is 48.5. The molecule has 7 rings (SSSR count). The minimum absolute atomic E-state index is 0.119. The van der Waals surface area contributed by atoms with E-state index in [-0.39, 0.29) is 31.2 Å². The zero-order chi connectivity index (χ0) is 47.4. The fourth-order valence-electron chi connectivity index (χ4n) is 8.55. The minimum atomic E-state index is -2.44. The van der Waals surface area contributed by atoms with Crippen LogP contribution >= 0.6 is 0 Å². The van der Waals surface area contributed by atoms with Crippen molar-refractivity contribution in [1.29, 1.82) is 0 Å². The number of aromatic nitrogens is 4. The molecule has 16 nitrogen and oxygen atoms in total. The first-order valence-electron chi connectivity index (χ1n) is 22.0. The van der Waals surface area contributed by atoms with Gasteiger partial charge >= 0.3 is 11.4 Å². The Morgan fingerprint density at radius 3 is 1.71 bits per heavy atom. The fraction of sp³-hybridized carbons (Fsp3) is 0.458. The summed E-state index contributed by atoms with van der Waals surface area (Å²) >= 11 is 0. The maximum Gasteiger partial charge on any atom is 0.330 e. The van der Waals surface area contributed by atoms with Gasteiger partial charge in [0.2, 0.25) is 0 Å². The van der Waals surface area contributed by atoms with Gasteiger partial charge in [0.15, 0.2) is 26.9 Å². The number of H-pyrrole nitrogens is 2. The SMILES string of the molecule is COc1ccc(C(OC[C@H]2O[C@@H](n3ccc(=O)[nH]c3=O)[C@H](F)[C@@H]2CCNC[C@H]2O[C@@H](n3ccc(=O)[nH]c3=O)[C@H](OC)[C@@H]2O[Si](C)(C)C(C)(C)C)(c2ccccc2)c2ccc(OC)cc2)cc1. The van der Waals surface area contributed by atoms with Gasteiger partial charge in [0, 0.05) is 44.1 Å². The van der Waals surface area contributed by atoms with E-state index in [1.807, 2.05) is 78.9 Å². The first-order valence-corrected chi connectivity index (χ1v) is 24.9. The third-order valence-corrected chi connectivity index (χ3v) is 17.6. The van der Waals surface area contributed by atoms with Crippen molar-refractivity contribution in [3.8, 4) is 11.5 Å². The van der Waals surface area contributed by atoms with Crippen LogP contribution in [0.25, 0.3) is 0 Å². The summed E-state index contributed by atoms with van der Waals surface area (Å²) in [7, 11) is 2.27. The number of hydrogen-bond acceptors (Lipinski definition) is 12. The number of nitrogens with zero attached hydrogens (tertiary/aromatic N) is 2. The molecule has 4 heterocycles. The Kier molecular flexibility index (Phi) is 14.8. The third-order valence-electron chi connectivity index (χ3n) is 13.2. The lowest BCUT2D eigenvalue weighted by Crippen LogP contribution is -2.51. The molecule has 0 unspecified atom stereocenters. The average Bonchev–Trinajstić information content (AvgIpc) is 3.79. The van der Waals surface area contributed by atoms with E-state index in [1.54, 1.807) is 14.2 Å². The van der Waals surface area contributed by atoms with Crippen LogP contribution in [-0.4, -0.2) is 99.0 Å². The molecule has 0 amide bonds. The maximum absolute atomic E-state index is 17.1. The summed E-state index contributed by atoms with van der Waals surface area (Å²) in [6, 6.07) is 27.2. The monoisotopic (exact) mass is 929 g/mol. The second-order valence-electron chi connectivity index (χ2n) is 18.1. The number of aromatic amines is 2. The molecule has 18 heteroatoms. The molecule has 0 spiro atoms. The van der Waals surface area contributed by atoms with Crippen molar-refractivity contribution in [2.24, 2.45) is 5.92 Å². The van der Waals surface area contributed by atoms with Crippen LogP contribution in [0, 0.1) is 5.92 Å². The molecule has 3 aromatic carbocycles. The van der Waals surface area contributed by atoms with Crippen LogP contribution < -0.4 is 37.3 Å². The lowest BCUT2D eigenvalue weighted by molar-refractivity contribution is -0.0878. The standard InChI is InChI=1S/C48H60FN5O11Si/c1-47(2,3)66(7,8)65-41-36(63-44(42(41)61-6)54-27-24-39(56)52-46(54)58)28-50-25-22-35-37(64-43(40(35)49)53-26-23-38(55)51-45(53)57)29-62-48(30-12-10-9-11-13-30,31-14-18-33(59-4)19-15-31)32-16-20-34(60-5)21-17-32/h9-21,23-24,26-27,35-37,40-44,50H,22,25,28-29H2,1-8H3,(H,51,55,57)(H,52,56,58)/t35-,36-,37-,40-,41-,42-,43-,44-/m1/s1. The lowest BCUT2D eigenvalue weighted by Gasteiger charge is -2.40. The largest absolute Gasteiger partial charge is 0.497 e. The van der Waals surface area contributed by atoms with Crippen molar-refractivity contribution in [3.63, 3.8) is 0 Å². The van der Waals surface area contributed by atoms with Gasteiger partial charge in [-0.1, -0.05) is 75.4 Å². The molecule has 5 aromatic rings. The highest BCUT2D eigenvalue weighted by Crippen LogP contribution is 2.45. The molecular weight excluding hydrogens is 870 g/mol. The highest BCUT2D eigenvalue weighted by Gasteiger charge is 2.52. The Bertz CT molecular complexity index is 2580. The quantitative estimate of drug-likeness (QED) is 0.0590. The Morgan fingerprint density at radius 1 is 0.697 bits per heavy atom. The van der Waals surface area contributed by atoms with Gasteiger partial charge in [0.25, 0.3) is 11.1 Å². The molecule has 2 aliphatic heterocycles. The van der Waals surface area contributed by atoms with E-state index in [2.05, 4.69) is 49.1 Å². The average molecular weight is 930 g/mol. The molecule has 3 N–H and O–H groups in total. The zero-order valence-corrected chi connectivity index (χ0v) is 39.5. The van der Waals surface area contributed by atoms with Crippen molar-refractivity contribution < 1.29 is 37.2 Å². The topological polar surface area (TPSA) is 186 Å². The molecular formula is C48H60FN5O11Si. The smallest absolute Gasteiger partial charge is 0.330 e. The number of rotatable bonds is 18. The number of nitrogens with one attached hydrogen (secondary N) is 3. The van der Waals surface area contributed by atoms with E-state index in [9.17, 15) is 19.2 Å². The van der Waals surface area contributed by atoms with Gasteiger partial charge in [-0.25, -0.2) is 14.0 Å². The lowest BCUT2D eigenvalue weighted by atomic mass is 9.80. The van der Waals surface area contributed by atoms with E-state index in [1.165, 1.54) is 30.1 Å². The summed E-state index contributed by atoms with van der Waals surface area (Å²) in [5.41, 5.74) is -1.53. The summed E-state index contributed by atoms with van der Waals surface area (Å²) in [4.78, 5) is 54.7. The molecule has 0 saturated carbocycles. The van der Waals surface area contributed by atoms with Crippen molar-refractivity contribution >= 4 is 8.32 Å². The third kappa shape index (κ3) is 9.95. The van der Waals surface area contributed by atoms with E-state index in [0.717, 1.165) is 27.3 Å². The van der Waals surface area contributed by atoms with Crippen molar-refractivity contribution in [3.05, 3.63) is 162 Å². The van der Waals surface area contributed by atoms with Crippen LogP contribution in [0.3, 0.4) is 0 Å². The number of hydrogen-bond donors (Lipinski definition) is 3. The second kappa shape index (κ2) is 20.2. The fourth-order valence-corrected chi connectivity index (χ4v) is 9.87. The maximum atomic E-state index is 17.1. The minimum Gasteiger partial charge on any atom is -0.497 e. The predicted octanol–water partition coefficient (Wildman–Crippen LogP) is 5.25. The molecule has 0 radical (unpaired) electrons. The zero-order valence-electron chi connectivity index (χ0n) is 38.5. The van der Waals surface area contributed by atoms with E-state index in [4.69, 9.17) is 32.8 Å².